The Morgan fingerprint density at radius 1 is 0.852 bits per heavy atom. The Bertz CT molecular complexity index is 841. The molecule has 27 heavy (non-hydrogen) atoms. The molecule has 0 aliphatic rings. The first kappa shape index (κ1) is 18.5. The van der Waals surface area contributed by atoms with E-state index in [1.165, 1.54) is 18.2 Å². The maximum atomic E-state index is 11.8. The second kappa shape index (κ2) is 8.85. The van der Waals surface area contributed by atoms with Gasteiger partial charge >= 0.3 is 5.97 Å². The van der Waals surface area contributed by atoms with E-state index in [4.69, 9.17) is 9.47 Å². The highest BCUT2D eigenvalue weighted by atomic mass is 16.5. The Labute approximate surface area is 159 Å². The van der Waals surface area contributed by atoms with E-state index < -0.39 is 5.97 Å². The third-order valence-electron chi connectivity index (χ3n) is 4.20. The summed E-state index contributed by atoms with van der Waals surface area (Å²) in [5, 5.41) is 0. The van der Waals surface area contributed by atoms with Gasteiger partial charge in [0.05, 0.1) is 14.2 Å². The van der Waals surface area contributed by atoms with E-state index in [0.717, 1.165) is 5.69 Å². The van der Waals surface area contributed by atoms with Crippen molar-refractivity contribution >= 4 is 11.7 Å². The minimum Gasteiger partial charge on any atom is -0.480 e. The molecule has 3 rings (SSSR count). The lowest BCUT2D eigenvalue weighted by Gasteiger charge is -2.26. The number of rotatable bonds is 7. The van der Waals surface area contributed by atoms with Gasteiger partial charge in [-0.15, -0.1) is 0 Å². The number of hydrogen-bond acceptors (Lipinski definition) is 5. The molecule has 5 nitrogen and oxygen atoms in total. The lowest BCUT2D eigenvalue weighted by atomic mass is 10.1. The van der Waals surface area contributed by atoms with E-state index in [9.17, 15) is 4.79 Å². The summed E-state index contributed by atoms with van der Waals surface area (Å²) in [6.07, 6.45) is 0. The predicted molar refractivity (Wildman–Crippen MR) is 105 cm³/mol. The fourth-order valence-electron chi connectivity index (χ4n) is 2.88. The zero-order valence-corrected chi connectivity index (χ0v) is 15.5. The molecule has 0 fully saturated rings. The summed E-state index contributed by atoms with van der Waals surface area (Å²) in [6, 6.07) is 23.9. The molecule has 0 amide bonds. The molecule has 0 spiro atoms. The Balaban J connectivity index is 1.97. The van der Waals surface area contributed by atoms with Crippen LogP contribution in [0.3, 0.4) is 0 Å². The largest absolute Gasteiger partial charge is 0.480 e. The average molecular weight is 362 g/mol. The van der Waals surface area contributed by atoms with Crippen LogP contribution in [0.1, 0.15) is 21.6 Å². The van der Waals surface area contributed by atoms with Crippen LogP contribution in [0.2, 0.25) is 0 Å². The van der Waals surface area contributed by atoms with Crippen molar-refractivity contribution in [1.82, 2.24) is 4.98 Å². The van der Waals surface area contributed by atoms with Gasteiger partial charge < -0.3 is 14.4 Å². The van der Waals surface area contributed by atoms with Crippen molar-refractivity contribution in [3.8, 4) is 5.88 Å². The number of hydrogen-bond donors (Lipinski definition) is 0. The summed E-state index contributed by atoms with van der Waals surface area (Å²) in [4.78, 5) is 18.3. The van der Waals surface area contributed by atoms with Gasteiger partial charge in [0.25, 0.3) is 0 Å². The third kappa shape index (κ3) is 4.64. The molecule has 3 aromatic rings. The molecule has 5 heteroatoms. The molecule has 0 radical (unpaired) electrons. The van der Waals surface area contributed by atoms with Crippen molar-refractivity contribution in [2.45, 2.75) is 13.1 Å². The SMILES string of the molecule is COC(=O)c1ccc(N(Cc2ccccc2)Cc2ccccc2)c(OC)n1. The second-order valence-electron chi connectivity index (χ2n) is 6.04. The van der Waals surface area contributed by atoms with Crippen LogP contribution in [-0.4, -0.2) is 25.2 Å². The van der Waals surface area contributed by atoms with Gasteiger partial charge in [0.2, 0.25) is 5.88 Å². The van der Waals surface area contributed by atoms with Crippen LogP contribution in [0.5, 0.6) is 5.88 Å². The zero-order valence-electron chi connectivity index (χ0n) is 15.5. The van der Waals surface area contributed by atoms with E-state index in [1.54, 1.807) is 13.2 Å². The highest BCUT2D eigenvalue weighted by Crippen LogP contribution is 2.29. The van der Waals surface area contributed by atoms with Crippen LogP contribution >= 0.6 is 0 Å². The molecule has 0 bridgehead atoms. The summed E-state index contributed by atoms with van der Waals surface area (Å²) in [5.41, 5.74) is 3.38. The van der Waals surface area contributed by atoms with Crippen LogP contribution in [-0.2, 0) is 17.8 Å². The first-order valence-corrected chi connectivity index (χ1v) is 8.67. The quantitative estimate of drug-likeness (QED) is 0.593. The number of carbonyl (C=O) groups excluding carboxylic acids is 1. The third-order valence-corrected chi connectivity index (χ3v) is 4.20. The van der Waals surface area contributed by atoms with Crippen LogP contribution in [0.25, 0.3) is 0 Å². The van der Waals surface area contributed by atoms with Gasteiger partial charge in [-0.3, -0.25) is 0 Å². The minimum atomic E-state index is -0.488. The lowest BCUT2D eigenvalue weighted by molar-refractivity contribution is 0.0593. The Kier molecular flexibility index (Phi) is 6.05. The van der Waals surface area contributed by atoms with Crippen molar-refractivity contribution in [2.75, 3.05) is 19.1 Å². The maximum absolute atomic E-state index is 11.8. The Morgan fingerprint density at radius 3 is 1.89 bits per heavy atom. The van der Waals surface area contributed by atoms with Crippen molar-refractivity contribution < 1.29 is 14.3 Å². The number of benzene rings is 2. The molecule has 2 aromatic carbocycles. The number of pyridine rings is 1. The van der Waals surface area contributed by atoms with Gasteiger partial charge in [0.1, 0.15) is 5.69 Å². The summed E-state index contributed by atoms with van der Waals surface area (Å²) in [6.45, 7) is 1.37. The molecule has 0 saturated heterocycles. The van der Waals surface area contributed by atoms with Gasteiger partial charge in [-0.25, -0.2) is 9.78 Å². The molecule has 0 saturated carbocycles. The molecule has 0 atom stereocenters. The minimum absolute atomic E-state index is 0.220. The van der Waals surface area contributed by atoms with Crippen LogP contribution in [0.15, 0.2) is 72.8 Å². The Morgan fingerprint density at radius 2 is 1.41 bits per heavy atom. The summed E-state index contributed by atoms with van der Waals surface area (Å²) < 4.78 is 10.2. The predicted octanol–water partition coefficient (Wildman–Crippen LogP) is 4.08. The number of nitrogens with zero attached hydrogens (tertiary/aromatic N) is 2. The smallest absolute Gasteiger partial charge is 0.356 e. The van der Waals surface area contributed by atoms with Crippen molar-refractivity contribution in [1.29, 1.82) is 0 Å². The molecular weight excluding hydrogens is 340 g/mol. The lowest BCUT2D eigenvalue weighted by Crippen LogP contribution is -2.23. The van der Waals surface area contributed by atoms with E-state index >= 15 is 0 Å². The van der Waals surface area contributed by atoms with E-state index in [0.29, 0.717) is 19.0 Å². The summed E-state index contributed by atoms with van der Waals surface area (Å²) in [7, 11) is 2.89. The molecule has 0 N–H and O–H groups in total. The zero-order chi connectivity index (χ0) is 19.1. The molecule has 0 aliphatic carbocycles. The first-order chi connectivity index (χ1) is 13.2. The van der Waals surface area contributed by atoms with Gasteiger partial charge in [0.15, 0.2) is 5.69 Å². The number of aromatic nitrogens is 1. The van der Waals surface area contributed by atoms with Crippen LogP contribution < -0.4 is 9.64 Å². The van der Waals surface area contributed by atoms with Crippen molar-refractivity contribution in [2.24, 2.45) is 0 Å². The number of ether oxygens (including phenoxy) is 2. The summed E-state index contributed by atoms with van der Waals surface area (Å²) >= 11 is 0. The molecule has 0 unspecified atom stereocenters. The number of esters is 1. The molecular formula is C22H22N2O3. The van der Waals surface area contributed by atoms with Gasteiger partial charge in [-0.05, 0) is 23.3 Å². The number of carbonyl (C=O) groups is 1. The summed E-state index contributed by atoms with van der Waals surface area (Å²) in [5.74, 6) is -0.0951. The van der Waals surface area contributed by atoms with Gasteiger partial charge in [-0.1, -0.05) is 60.7 Å². The molecule has 1 heterocycles. The van der Waals surface area contributed by atoms with E-state index in [2.05, 4.69) is 34.1 Å². The highest BCUT2D eigenvalue weighted by molar-refractivity contribution is 5.87. The molecule has 0 aliphatic heterocycles. The molecule has 1 aromatic heterocycles. The number of anilines is 1. The normalized spacial score (nSPS) is 10.3. The maximum Gasteiger partial charge on any atom is 0.356 e. The standard InChI is InChI=1S/C22H22N2O3/c1-26-21-20(14-13-19(23-21)22(25)27-2)24(15-17-9-5-3-6-10-17)16-18-11-7-4-8-12-18/h3-14H,15-16H2,1-2H3. The van der Waals surface area contributed by atoms with Crippen molar-refractivity contribution in [3.63, 3.8) is 0 Å². The van der Waals surface area contributed by atoms with E-state index in [1.807, 2.05) is 42.5 Å². The Hall–Kier alpha value is -3.34. The van der Waals surface area contributed by atoms with Crippen LogP contribution in [0, 0.1) is 0 Å². The topological polar surface area (TPSA) is 51.7 Å². The van der Waals surface area contributed by atoms with Crippen molar-refractivity contribution in [3.05, 3.63) is 89.6 Å². The van der Waals surface area contributed by atoms with Gasteiger partial charge in [0, 0.05) is 13.1 Å². The first-order valence-electron chi connectivity index (χ1n) is 8.67. The second-order valence-corrected chi connectivity index (χ2v) is 6.04. The monoisotopic (exact) mass is 362 g/mol. The van der Waals surface area contributed by atoms with Gasteiger partial charge in [-0.2, -0.15) is 0 Å². The fraction of sp³-hybridized carbons (Fsp3) is 0.182. The molecule has 138 valence electrons. The van der Waals surface area contributed by atoms with E-state index in [-0.39, 0.29) is 5.69 Å². The average Bonchev–Trinajstić information content (AvgIpc) is 2.73. The number of methoxy groups -OCH3 is 2. The van der Waals surface area contributed by atoms with Crippen LogP contribution in [0.4, 0.5) is 5.69 Å². The highest BCUT2D eigenvalue weighted by Gasteiger charge is 2.18. The fourth-order valence-corrected chi connectivity index (χ4v) is 2.88.